The molecule has 3 amide bonds. The third-order valence-electron chi connectivity index (χ3n) is 9.20. The third kappa shape index (κ3) is 6.65. The molecule has 3 saturated heterocycles. The second-order valence-electron chi connectivity index (χ2n) is 12.0. The van der Waals surface area contributed by atoms with Gasteiger partial charge in [-0.15, -0.1) is 24.9 Å². The molecule has 4 rings (SSSR count). The van der Waals surface area contributed by atoms with Gasteiger partial charge in [-0.05, 0) is 37.7 Å². The summed E-state index contributed by atoms with van der Waals surface area (Å²) in [4.78, 5) is 48.7. The van der Waals surface area contributed by atoms with Gasteiger partial charge in [0.25, 0.3) is 0 Å². The molecule has 2 bridgehead atoms. The van der Waals surface area contributed by atoms with Gasteiger partial charge in [-0.25, -0.2) is 0 Å². The first-order valence-electron chi connectivity index (χ1n) is 15.9. The smallest absolute Gasteiger partial charge is 0.247 e. The van der Waals surface area contributed by atoms with Gasteiger partial charge in [0.1, 0.15) is 6.04 Å². The summed E-state index contributed by atoms with van der Waals surface area (Å²) in [6.07, 6.45) is 11.5. The Labute approximate surface area is 256 Å². The Balaban J connectivity index is 1.64. The summed E-state index contributed by atoms with van der Waals surface area (Å²) in [7, 11) is 0. The number of carbonyl (C=O) groups excluding carboxylic acids is 3. The second-order valence-corrected chi connectivity index (χ2v) is 13.6. The van der Waals surface area contributed by atoms with Crippen LogP contribution in [0, 0.1) is 11.8 Å². The van der Waals surface area contributed by atoms with Crippen molar-refractivity contribution in [2.75, 3.05) is 32.8 Å². The van der Waals surface area contributed by atoms with Crippen molar-refractivity contribution in [2.45, 2.75) is 87.3 Å². The first-order chi connectivity index (χ1) is 20.4. The Morgan fingerprint density at radius 2 is 1.74 bits per heavy atom. The monoisotopic (exact) mass is 595 g/mol. The van der Waals surface area contributed by atoms with E-state index in [2.05, 4.69) is 20.1 Å². The van der Waals surface area contributed by atoms with E-state index in [0.29, 0.717) is 32.7 Å². The number of fused-ring (bicyclic) bond motifs is 1. The molecular weight excluding hydrogens is 546 g/mol. The lowest BCUT2D eigenvalue weighted by molar-refractivity contribution is -0.145. The number of nitrogens with zero attached hydrogens (tertiary/aromatic N) is 3. The summed E-state index contributed by atoms with van der Waals surface area (Å²) in [6, 6.07) is 9.37. The number of rotatable bonds is 18. The average Bonchev–Trinajstić information content (AvgIpc) is 3.64. The van der Waals surface area contributed by atoms with E-state index in [9.17, 15) is 19.5 Å². The van der Waals surface area contributed by atoms with Gasteiger partial charge in [-0.3, -0.25) is 14.4 Å². The number of aliphatic hydroxyl groups is 1. The van der Waals surface area contributed by atoms with Gasteiger partial charge in [0.15, 0.2) is 0 Å². The molecule has 1 spiro atoms. The fraction of sp³-hybridized carbons (Fsp3) is 0.618. The van der Waals surface area contributed by atoms with Crippen LogP contribution < -0.4 is 0 Å². The largest absolute Gasteiger partial charge is 0.396 e. The standard InChI is InChI=1S/C34H49N3O4S/c1-4-7-13-22-35(20-5-2)33(41)30-34-19-18-27(42-34)28(29(34)32(40)37(30)23-14-8-9-15-24-38)31(39)36(21-6-3)25-26-16-11-10-12-17-26/h5-6,10-12,16-17,27-30,38H,2-4,7-9,13-15,18-25H2,1H3/t27-,28+,29+,30?,34?/m1/s1. The topological polar surface area (TPSA) is 81.2 Å². The van der Waals surface area contributed by atoms with Crippen molar-refractivity contribution in [3.05, 3.63) is 61.2 Å². The van der Waals surface area contributed by atoms with Crippen LogP contribution in [0.3, 0.4) is 0 Å². The molecule has 0 aromatic heterocycles. The zero-order valence-corrected chi connectivity index (χ0v) is 26.1. The molecule has 3 fully saturated rings. The summed E-state index contributed by atoms with van der Waals surface area (Å²) >= 11 is 1.74. The molecule has 3 heterocycles. The Morgan fingerprint density at radius 3 is 2.43 bits per heavy atom. The van der Waals surface area contributed by atoms with E-state index in [-0.39, 0.29) is 29.6 Å². The Bertz CT molecular complexity index is 1100. The normalized spacial score (nSPS) is 25.9. The summed E-state index contributed by atoms with van der Waals surface area (Å²) in [5.74, 6) is -0.968. The number of likely N-dealkylation sites (tertiary alicyclic amines) is 1. The van der Waals surface area contributed by atoms with Crippen molar-refractivity contribution in [3.8, 4) is 0 Å². The predicted molar refractivity (Wildman–Crippen MR) is 170 cm³/mol. The highest BCUT2D eigenvalue weighted by molar-refractivity contribution is 8.02. The fourth-order valence-electron chi connectivity index (χ4n) is 7.28. The Morgan fingerprint density at radius 1 is 1.02 bits per heavy atom. The molecule has 3 aliphatic rings. The van der Waals surface area contributed by atoms with Crippen molar-refractivity contribution in [1.29, 1.82) is 0 Å². The Hall–Kier alpha value is -2.58. The molecule has 1 aromatic carbocycles. The molecule has 7 nitrogen and oxygen atoms in total. The van der Waals surface area contributed by atoms with Crippen LogP contribution in [0.25, 0.3) is 0 Å². The van der Waals surface area contributed by atoms with Crippen molar-refractivity contribution in [2.24, 2.45) is 11.8 Å². The summed E-state index contributed by atoms with van der Waals surface area (Å²) < 4.78 is -0.582. The third-order valence-corrected chi connectivity index (χ3v) is 11.1. The lowest BCUT2D eigenvalue weighted by Crippen LogP contribution is -2.55. The number of amides is 3. The van der Waals surface area contributed by atoms with Gasteiger partial charge in [0.05, 0.1) is 16.6 Å². The minimum absolute atomic E-state index is 0.00179. The number of unbranched alkanes of at least 4 members (excludes halogenated alkanes) is 5. The van der Waals surface area contributed by atoms with Crippen LogP contribution >= 0.6 is 11.8 Å². The summed E-state index contributed by atoms with van der Waals surface area (Å²) in [5, 5.41) is 9.24. The minimum Gasteiger partial charge on any atom is -0.396 e. The van der Waals surface area contributed by atoms with Crippen LogP contribution in [-0.4, -0.2) is 86.4 Å². The Kier molecular flexibility index (Phi) is 11.7. The highest BCUT2D eigenvalue weighted by atomic mass is 32.2. The molecule has 0 aliphatic carbocycles. The van der Waals surface area contributed by atoms with Crippen LogP contribution in [-0.2, 0) is 20.9 Å². The van der Waals surface area contributed by atoms with Gasteiger partial charge in [-0.1, -0.05) is 75.1 Å². The van der Waals surface area contributed by atoms with Gasteiger partial charge in [0, 0.05) is 44.6 Å². The van der Waals surface area contributed by atoms with Gasteiger partial charge in [0.2, 0.25) is 17.7 Å². The average molecular weight is 596 g/mol. The summed E-state index contributed by atoms with van der Waals surface area (Å²) in [5.41, 5.74) is 1.04. The van der Waals surface area contributed by atoms with E-state index >= 15 is 0 Å². The lowest BCUT2D eigenvalue weighted by atomic mass is 9.70. The number of hydrogen-bond donors (Lipinski definition) is 1. The van der Waals surface area contributed by atoms with Gasteiger partial charge < -0.3 is 19.8 Å². The van der Waals surface area contributed by atoms with Crippen molar-refractivity contribution in [3.63, 3.8) is 0 Å². The zero-order chi connectivity index (χ0) is 30.1. The SMILES string of the molecule is C=CCN(CCCCC)C(=O)C1N(CCCCCCO)C(=O)[C@@H]2[C@@H](C(=O)N(CC=C)Cc3ccccc3)[C@H]3CCC12S3. The highest BCUT2D eigenvalue weighted by Gasteiger charge is 2.73. The maximum Gasteiger partial charge on any atom is 0.247 e. The van der Waals surface area contributed by atoms with Crippen LogP contribution in [0.5, 0.6) is 0 Å². The predicted octanol–water partition coefficient (Wildman–Crippen LogP) is 5.05. The lowest BCUT2D eigenvalue weighted by Gasteiger charge is -2.37. The molecule has 0 radical (unpaired) electrons. The van der Waals surface area contributed by atoms with Crippen LogP contribution in [0.15, 0.2) is 55.6 Å². The molecule has 2 unspecified atom stereocenters. The molecule has 3 aliphatic heterocycles. The molecule has 1 aromatic rings. The van der Waals surface area contributed by atoms with E-state index in [4.69, 9.17) is 0 Å². The maximum atomic E-state index is 14.4. The van der Waals surface area contributed by atoms with E-state index in [1.165, 1.54) is 0 Å². The van der Waals surface area contributed by atoms with Crippen molar-refractivity contribution >= 4 is 29.5 Å². The number of carbonyl (C=O) groups is 3. The van der Waals surface area contributed by atoms with E-state index in [1.54, 1.807) is 23.9 Å². The van der Waals surface area contributed by atoms with Gasteiger partial charge in [-0.2, -0.15) is 0 Å². The summed E-state index contributed by atoms with van der Waals surface area (Å²) in [6.45, 7) is 12.6. The van der Waals surface area contributed by atoms with E-state index in [0.717, 1.165) is 63.4 Å². The van der Waals surface area contributed by atoms with Crippen LogP contribution in [0.4, 0.5) is 0 Å². The molecule has 5 atom stereocenters. The first-order valence-corrected chi connectivity index (χ1v) is 16.7. The van der Waals surface area contributed by atoms with E-state index < -0.39 is 22.6 Å². The van der Waals surface area contributed by atoms with Crippen molar-refractivity contribution < 1.29 is 19.5 Å². The van der Waals surface area contributed by atoms with Crippen LogP contribution in [0.1, 0.15) is 70.3 Å². The molecule has 230 valence electrons. The second kappa shape index (κ2) is 15.2. The molecule has 0 saturated carbocycles. The maximum absolute atomic E-state index is 14.4. The fourth-order valence-corrected chi connectivity index (χ4v) is 9.48. The molecule has 8 heteroatoms. The molecule has 1 N–H and O–H groups in total. The van der Waals surface area contributed by atoms with Gasteiger partial charge >= 0.3 is 0 Å². The van der Waals surface area contributed by atoms with Crippen LogP contribution in [0.2, 0.25) is 0 Å². The molecule has 42 heavy (non-hydrogen) atoms. The quantitative estimate of drug-likeness (QED) is 0.190. The number of hydrogen-bond acceptors (Lipinski definition) is 5. The zero-order valence-electron chi connectivity index (χ0n) is 25.3. The highest BCUT2D eigenvalue weighted by Crippen LogP contribution is 2.66. The number of thioether (sulfide) groups is 1. The molecular formula is C34H49N3O4S. The minimum atomic E-state index is -0.582. The van der Waals surface area contributed by atoms with E-state index in [1.807, 2.05) is 45.0 Å². The number of aliphatic hydroxyl groups excluding tert-OH is 1. The van der Waals surface area contributed by atoms with Crippen molar-refractivity contribution in [1.82, 2.24) is 14.7 Å². The first kappa shape index (κ1) is 32.3. The number of benzene rings is 1.